The van der Waals surface area contributed by atoms with Crippen molar-refractivity contribution in [1.82, 2.24) is 9.55 Å². The van der Waals surface area contributed by atoms with Crippen molar-refractivity contribution in [2.75, 3.05) is 0 Å². The zero-order valence-electron chi connectivity index (χ0n) is 14.5. The Labute approximate surface area is 169 Å². The molecule has 1 heterocycles. The molecule has 1 N–H and O–H groups in total. The maximum Gasteiger partial charge on any atom is 0.333 e. The van der Waals surface area contributed by atoms with Gasteiger partial charge in [-0.25, -0.2) is 9.36 Å². The molecule has 0 aliphatic carbocycles. The van der Waals surface area contributed by atoms with Crippen LogP contribution >= 0.6 is 23.2 Å². The summed E-state index contributed by atoms with van der Waals surface area (Å²) in [6, 6.07) is 19.4. The largest absolute Gasteiger partial charge is 0.489 e. The summed E-state index contributed by atoms with van der Waals surface area (Å²) in [5.41, 5.74) is 0.659. The number of rotatable bonds is 4. The van der Waals surface area contributed by atoms with E-state index in [1.807, 2.05) is 30.3 Å². The van der Waals surface area contributed by atoms with E-state index >= 15 is 0 Å². The predicted molar refractivity (Wildman–Crippen MR) is 111 cm³/mol. The minimum Gasteiger partial charge on any atom is -0.489 e. The van der Waals surface area contributed by atoms with E-state index in [0.717, 1.165) is 10.1 Å². The summed E-state index contributed by atoms with van der Waals surface area (Å²) in [4.78, 5) is 28.0. The summed E-state index contributed by atoms with van der Waals surface area (Å²) < 4.78 is 6.77. The molecule has 0 radical (unpaired) electrons. The van der Waals surface area contributed by atoms with Gasteiger partial charge in [0.1, 0.15) is 12.4 Å². The van der Waals surface area contributed by atoms with Crippen LogP contribution in [0.2, 0.25) is 10.0 Å². The molecule has 0 bridgehead atoms. The Balaban J connectivity index is 1.68. The van der Waals surface area contributed by atoms with Crippen LogP contribution in [-0.2, 0) is 6.61 Å². The zero-order valence-corrected chi connectivity index (χ0v) is 16.0. The van der Waals surface area contributed by atoms with Crippen LogP contribution in [-0.4, -0.2) is 9.55 Å². The highest BCUT2D eigenvalue weighted by atomic mass is 35.5. The van der Waals surface area contributed by atoms with Gasteiger partial charge >= 0.3 is 5.69 Å². The molecule has 5 nitrogen and oxygen atoms in total. The standard InChI is InChI=1S/C21H14Cl2N2O3/c22-14-10-17(23)19-18(11-14)24-21(27)25(20(19)26)15-6-8-16(9-7-15)28-12-13-4-2-1-3-5-13/h1-11H,12H2,(H,24,27). The number of nitrogens with zero attached hydrogens (tertiary/aromatic N) is 1. The highest BCUT2D eigenvalue weighted by Gasteiger charge is 2.13. The van der Waals surface area contributed by atoms with E-state index in [-0.39, 0.29) is 10.4 Å². The number of nitrogens with one attached hydrogen (secondary N) is 1. The summed E-state index contributed by atoms with van der Waals surface area (Å²) in [6.07, 6.45) is 0. The molecule has 4 aromatic rings. The average molecular weight is 413 g/mol. The number of ether oxygens (including phenoxy) is 1. The molecular formula is C21H14Cl2N2O3. The molecule has 0 saturated heterocycles. The summed E-state index contributed by atoms with van der Waals surface area (Å²) in [7, 11) is 0. The van der Waals surface area contributed by atoms with E-state index in [0.29, 0.717) is 28.6 Å². The lowest BCUT2D eigenvalue weighted by Crippen LogP contribution is -2.33. The Morgan fingerprint density at radius 3 is 2.36 bits per heavy atom. The van der Waals surface area contributed by atoms with Crippen molar-refractivity contribution >= 4 is 34.1 Å². The van der Waals surface area contributed by atoms with Crippen molar-refractivity contribution in [1.29, 1.82) is 0 Å². The van der Waals surface area contributed by atoms with Gasteiger partial charge in [-0.1, -0.05) is 53.5 Å². The highest BCUT2D eigenvalue weighted by molar-refractivity contribution is 6.38. The molecule has 28 heavy (non-hydrogen) atoms. The van der Waals surface area contributed by atoms with Gasteiger partial charge in [0.05, 0.1) is 21.6 Å². The number of benzene rings is 3. The first-order valence-corrected chi connectivity index (χ1v) is 9.20. The number of halogens is 2. The number of fused-ring (bicyclic) bond motifs is 1. The first-order chi connectivity index (χ1) is 13.5. The van der Waals surface area contributed by atoms with Gasteiger partial charge in [0, 0.05) is 5.02 Å². The lowest BCUT2D eigenvalue weighted by Gasteiger charge is -2.10. The Hall–Kier alpha value is -3.02. The smallest absolute Gasteiger partial charge is 0.333 e. The van der Waals surface area contributed by atoms with Gasteiger partial charge < -0.3 is 9.72 Å². The number of H-pyrrole nitrogens is 1. The third kappa shape index (κ3) is 3.54. The Morgan fingerprint density at radius 2 is 1.64 bits per heavy atom. The monoisotopic (exact) mass is 412 g/mol. The van der Waals surface area contributed by atoms with Crippen molar-refractivity contribution in [2.24, 2.45) is 0 Å². The van der Waals surface area contributed by atoms with Crippen molar-refractivity contribution in [2.45, 2.75) is 6.61 Å². The number of aromatic amines is 1. The fourth-order valence-corrected chi connectivity index (χ4v) is 3.51. The molecule has 0 unspecified atom stereocenters. The minimum absolute atomic E-state index is 0.181. The van der Waals surface area contributed by atoms with Crippen molar-refractivity contribution in [3.8, 4) is 11.4 Å². The van der Waals surface area contributed by atoms with Gasteiger partial charge in [-0.2, -0.15) is 0 Å². The van der Waals surface area contributed by atoms with Crippen LogP contribution in [0.1, 0.15) is 5.56 Å². The second-order valence-electron chi connectivity index (χ2n) is 6.15. The molecule has 140 valence electrons. The second-order valence-corrected chi connectivity index (χ2v) is 6.99. The SMILES string of the molecule is O=c1[nH]c2cc(Cl)cc(Cl)c2c(=O)n1-c1ccc(OCc2ccccc2)cc1. The van der Waals surface area contributed by atoms with Crippen LogP contribution in [0.4, 0.5) is 0 Å². The molecule has 7 heteroatoms. The lowest BCUT2D eigenvalue weighted by atomic mass is 10.2. The molecule has 0 fully saturated rings. The summed E-state index contributed by atoms with van der Waals surface area (Å²) in [6.45, 7) is 0.424. The van der Waals surface area contributed by atoms with Gasteiger partial charge in [-0.3, -0.25) is 4.79 Å². The van der Waals surface area contributed by atoms with Gasteiger partial charge in [-0.15, -0.1) is 0 Å². The Morgan fingerprint density at radius 1 is 0.929 bits per heavy atom. The minimum atomic E-state index is -0.575. The lowest BCUT2D eigenvalue weighted by molar-refractivity contribution is 0.306. The van der Waals surface area contributed by atoms with Crippen molar-refractivity contribution in [3.63, 3.8) is 0 Å². The molecule has 4 rings (SSSR count). The summed E-state index contributed by atoms with van der Waals surface area (Å²) in [5.74, 6) is 0.627. The zero-order chi connectivity index (χ0) is 19.7. The van der Waals surface area contributed by atoms with Crippen LogP contribution in [0.25, 0.3) is 16.6 Å². The number of aromatic nitrogens is 2. The normalized spacial score (nSPS) is 10.9. The topological polar surface area (TPSA) is 64.1 Å². The maximum absolute atomic E-state index is 12.9. The third-order valence-corrected chi connectivity index (χ3v) is 4.78. The molecule has 0 aliphatic heterocycles. The molecule has 0 atom stereocenters. The first-order valence-electron chi connectivity index (χ1n) is 8.44. The molecule has 0 spiro atoms. The molecule has 3 aromatic carbocycles. The van der Waals surface area contributed by atoms with Crippen LogP contribution < -0.4 is 16.0 Å². The van der Waals surface area contributed by atoms with Crippen molar-refractivity contribution in [3.05, 3.63) is 103 Å². The van der Waals surface area contributed by atoms with Crippen molar-refractivity contribution < 1.29 is 4.74 Å². The molecule has 0 saturated carbocycles. The van der Waals surface area contributed by atoms with Gasteiger partial charge in [0.2, 0.25) is 0 Å². The van der Waals surface area contributed by atoms with Crippen LogP contribution in [0.3, 0.4) is 0 Å². The summed E-state index contributed by atoms with van der Waals surface area (Å²) >= 11 is 12.1. The Kier molecular flexibility index (Phi) is 4.94. The molecule has 0 aliphatic rings. The average Bonchev–Trinajstić information content (AvgIpc) is 2.67. The molecule has 1 aromatic heterocycles. The van der Waals surface area contributed by atoms with E-state index in [2.05, 4.69) is 4.98 Å². The van der Waals surface area contributed by atoms with Gasteiger partial charge in [0.15, 0.2) is 0 Å². The van der Waals surface area contributed by atoms with E-state index < -0.39 is 11.2 Å². The molecule has 0 amide bonds. The fourth-order valence-electron chi connectivity index (χ4n) is 2.93. The number of hydrogen-bond donors (Lipinski definition) is 1. The maximum atomic E-state index is 12.9. The first kappa shape index (κ1) is 18.3. The van der Waals surface area contributed by atoms with E-state index in [1.165, 1.54) is 12.1 Å². The van der Waals surface area contributed by atoms with Gasteiger partial charge in [0.25, 0.3) is 5.56 Å². The third-order valence-electron chi connectivity index (χ3n) is 4.26. The van der Waals surface area contributed by atoms with Crippen LogP contribution in [0.15, 0.2) is 76.3 Å². The molecular weight excluding hydrogens is 399 g/mol. The van der Waals surface area contributed by atoms with E-state index in [1.54, 1.807) is 24.3 Å². The second kappa shape index (κ2) is 7.54. The summed E-state index contributed by atoms with van der Waals surface area (Å²) in [5, 5.41) is 0.723. The van der Waals surface area contributed by atoms with Crippen LogP contribution in [0, 0.1) is 0 Å². The predicted octanol–water partition coefficient (Wildman–Crippen LogP) is 4.56. The number of hydrogen-bond acceptors (Lipinski definition) is 3. The quantitative estimate of drug-likeness (QED) is 0.533. The highest BCUT2D eigenvalue weighted by Crippen LogP contribution is 2.24. The fraction of sp³-hybridized carbons (Fsp3) is 0.0476. The van der Waals surface area contributed by atoms with E-state index in [4.69, 9.17) is 27.9 Å². The van der Waals surface area contributed by atoms with Crippen LogP contribution in [0.5, 0.6) is 5.75 Å². The van der Waals surface area contributed by atoms with Gasteiger partial charge in [-0.05, 0) is 42.0 Å². The van der Waals surface area contributed by atoms with E-state index in [9.17, 15) is 9.59 Å². The Bertz CT molecular complexity index is 1260.